The lowest BCUT2D eigenvalue weighted by Gasteiger charge is -2.08. The van der Waals surface area contributed by atoms with Gasteiger partial charge in [-0.25, -0.2) is 16.8 Å². The maximum absolute atomic E-state index is 13.7. The lowest BCUT2D eigenvalue weighted by atomic mass is 10.2. The Hall–Kier alpha value is -2.34. The molecule has 0 aliphatic carbocycles. The highest BCUT2D eigenvalue weighted by molar-refractivity contribution is 7.90. The first-order chi connectivity index (χ1) is 10.5. The van der Waals surface area contributed by atoms with E-state index in [2.05, 4.69) is 0 Å². The van der Waals surface area contributed by atoms with Gasteiger partial charge in [-0.15, -0.1) is 0 Å². The minimum atomic E-state index is -4.04. The van der Waals surface area contributed by atoms with Gasteiger partial charge in [-0.1, -0.05) is 32.0 Å². The highest BCUT2D eigenvalue weighted by atomic mass is 32.2. The predicted molar refractivity (Wildman–Crippen MR) is 83.9 cm³/mol. The van der Waals surface area contributed by atoms with Crippen LogP contribution in [0.15, 0.2) is 59.6 Å². The Morgan fingerprint density at radius 1 is 1.00 bits per heavy atom. The summed E-state index contributed by atoms with van der Waals surface area (Å²) in [6, 6.07) is 11.2. The summed E-state index contributed by atoms with van der Waals surface area (Å²) in [5, 5.41) is 10.1. The fraction of sp³-hybridized carbons (Fsp3) is 0.125. The molecule has 0 unspecified atom stereocenters. The number of fused-ring (bicyclic) bond motifs is 1. The largest absolute Gasteiger partial charge is 0.507 e. The smallest absolute Gasteiger partial charge is 0.271 e. The summed E-state index contributed by atoms with van der Waals surface area (Å²) in [5.74, 6) is -0.834. The summed E-state index contributed by atoms with van der Waals surface area (Å²) in [5.41, 5.74) is 0.299. The molecule has 116 valence electrons. The number of nitrogens with zero attached hydrogens (tertiary/aromatic N) is 1. The van der Waals surface area contributed by atoms with E-state index in [0.29, 0.717) is 10.9 Å². The predicted octanol–water partition coefficient (Wildman–Crippen LogP) is 3.75. The maximum atomic E-state index is 13.7. The van der Waals surface area contributed by atoms with Gasteiger partial charge in [0.1, 0.15) is 16.5 Å². The summed E-state index contributed by atoms with van der Waals surface area (Å²) in [4.78, 5) is -0.402. The molecule has 3 rings (SSSR count). The third kappa shape index (κ3) is 2.57. The number of halogens is 1. The van der Waals surface area contributed by atoms with Crippen molar-refractivity contribution >= 4 is 20.9 Å². The van der Waals surface area contributed by atoms with E-state index < -0.39 is 20.7 Å². The van der Waals surface area contributed by atoms with Crippen LogP contribution < -0.4 is 0 Å². The number of hydrogen-bond acceptors (Lipinski definition) is 3. The van der Waals surface area contributed by atoms with Crippen LogP contribution >= 0.6 is 0 Å². The Balaban J connectivity index is 0.000000847. The first-order valence-corrected chi connectivity index (χ1v) is 8.25. The van der Waals surface area contributed by atoms with Crippen molar-refractivity contribution in [2.45, 2.75) is 18.7 Å². The highest BCUT2D eigenvalue weighted by Crippen LogP contribution is 2.28. The molecule has 1 heterocycles. The number of rotatable bonds is 2. The van der Waals surface area contributed by atoms with Gasteiger partial charge in [-0.05, 0) is 30.3 Å². The van der Waals surface area contributed by atoms with Gasteiger partial charge in [-0.2, -0.15) is 0 Å². The Morgan fingerprint density at radius 3 is 2.36 bits per heavy atom. The summed E-state index contributed by atoms with van der Waals surface area (Å²) in [6.45, 7) is 4.00. The van der Waals surface area contributed by atoms with Crippen molar-refractivity contribution in [2.75, 3.05) is 0 Å². The van der Waals surface area contributed by atoms with Crippen molar-refractivity contribution < 1.29 is 17.9 Å². The van der Waals surface area contributed by atoms with Gasteiger partial charge in [0.2, 0.25) is 0 Å². The Bertz CT molecular complexity index is 901. The fourth-order valence-corrected chi connectivity index (χ4v) is 3.51. The first-order valence-electron chi connectivity index (χ1n) is 6.81. The van der Waals surface area contributed by atoms with Crippen LogP contribution in [0.5, 0.6) is 5.75 Å². The average Bonchev–Trinajstić information content (AvgIpc) is 2.96. The second kappa shape index (κ2) is 6.19. The van der Waals surface area contributed by atoms with Crippen molar-refractivity contribution in [1.29, 1.82) is 0 Å². The van der Waals surface area contributed by atoms with Crippen molar-refractivity contribution in [2.24, 2.45) is 0 Å². The molecule has 1 aromatic heterocycles. The summed E-state index contributed by atoms with van der Waals surface area (Å²) in [7, 11) is -4.04. The molecule has 0 amide bonds. The zero-order chi connectivity index (χ0) is 16.3. The van der Waals surface area contributed by atoms with Crippen molar-refractivity contribution in [3.63, 3.8) is 0 Å². The maximum Gasteiger partial charge on any atom is 0.271 e. The topological polar surface area (TPSA) is 59.3 Å². The number of benzene rings is 2. The molecule has 4 nitrogen and oxygen atoms in total. The van der Waals surface area contributed by atoms with Gasteiger partial charge in [0, 0.05) is 11.6 Å². The number of phenolic OH excluding ortho intramolecular Hbond substituents is 1. The van der Waals surface area contributed by atoms with Crippen molar-refractivity contribution in [3.05, 3.63) is 60.5 Å². The molecule has 0 radical (unpaired) electrons. The summed E-state index contributed by atoms with van der Waals surface area (Å²) in [6.07, 6.45) is 1.30. The molecule has 2 aromatic carbocycles. The van der Waals surface area contributed by atoms with E-state index in [1.54, 1.807) is 6.07 Å². The Kier molecular flexibility index (Phi) is 4.51. The normalized spacial score (nSPS) is 11.0. The minimum Gasteiger partial charge on any atom is -0.507 e. The quantitative estimate of drug-likeness (QED) is 0.782. The zero-order valence-electron chi connectivity index (χ0n) is 12.2. The van der Waals surface area contributed by atoms with Gasteiger partial charge in [0.25, 0.3) is 10.0 Å². The molecule has 0 fully saturated rings. The molecule has 6 heteroatoms. The van der Waals surface area contributed by atoms with Crippen LogP contribution in [0.2, 0.25) is 0 Å². The summed E-state index contributed by atoms with van der Waals surface area (Å²) >= 11 is 0. The Labute approximate surface area is 128 Å². The van der Waals surface area contributed by atoms with Crippen molar-refractivity contribution in [3.8, 4) is 5.75 Å². The molecule has 0 saturated carbocycles. The second-order valence-electron chi connectivity index (χ2n) is 4.26. The molecule has 0 spiro atoms. The lowest BCUT2D eigenvalue weighted by Crippen LogP contribution is -2.13. The van der Waals surface area contributed by atoms with E-state index in [9.17, 15) is 17.9 Å². The van der Waals surface area contributed by atoms with E-state index in [-0.39, 0.29) is 5.75 Å². The van der Waals surface area contributed by atoms with Crippen LogP contribution in [0.3, 0.4) is 0 Å². The third-order valence-electron chi connectivity index (χ3n) is 3.05. The Morgan fingerprint density at radius 2 is 1.68 bits per heavy atom. The molecule has 0 bridgehead atoms. The van der Waals surface area contributed by atoms with Crippen LogP contribution in [0.1, 0.15) is 13.8 Å². The average molecular weight is 321 g/mol. The molecule has 0 saturated heterocycles. The third-order valence-corrected chi connectivity index (χ3v) is 4.77. The van der Waals surface area contributed by atoms with Gasteiger partial charge in [-0.3, -0.25) is 0 Å². The highest BCUT2D eigenvalue weighted by Gasteiger charge is 2.22. The SMILES string of the molecule is CC.O=S(=O)(c1ccccc1F)n1ccc2c(O)cccc21. The van der Waals surface area contributed by atoms with Gasteiger partial charge < -0.3 is 5.11 Å². The minimum absolute atomic E-state index is 0.0232. The number of phenols is 1. The summed E-state index contributed by atoms with van der Waals surface area (Å²) < 4.78 is 39.6. The van der Waals surface area contributed by atoms with Gasteiger partial charge in [0.05, 0.1) is 5.52 Å². The first kappa shape index (κ1) is 16.0. The molecule has 22 heavy (non-hydrogen) atoms. The van der Waals surface area contributed by atoms with Crippen LogP contribution in [0.25, 0.3) is 10.9 Å². The van der Waals surface area contributed by atoms with Crippen LogP contribution in [-0.4, -0.2) is 17.5 Å². The van der Waals surface area contributed by atoms with E-state index in [1.807, 2.05) is 13.8 Å². The molecule has 1 N–H and O–H groups in total. The van der Waals surface area contributed by atoms with Gasteiger partial charge in [0.15, 0.2) is 0 Å². The van der Waals surface area contributed by atoms with Crippen molar-refractivity contribution in [1.82, 2.24) is 3.97 Å². The van der Waals surface area contributed by atoms with E-state index in [1.165, 1.54) is 42.6 Å². The van der Waals surface area contributed by atoms with E-state index in [4.69, 9.17) is 0 Å². The number of hydrogen-bond donors (Lipinski definition) is 1. The second-order valence-corrected chi connectivity index (χ2v) is 6.04. The standard InChI is InChI=1S/C14H10FNO3S.C2H6/c15-11-4-1-2-7-14(11)20(18,19)16-9-8-10-12(16)5-3-6-13(10)17;1-2/h1-9,17H;1-2H3. The number of aromatic nitrogens is 1. The molecular formula is C16H16FNO3S. The molecule has 0 aliphatic rings. The van der Waals surface area contributed by atoms with E-state index in [0.717, 1.165) is 10.0 Å². The number of aromatic hydroxyl groups is 1. The van der Waals surface area contributed by atoms with Crippen LogP contribution in [0, 0.1) is 5.82 Å². The molecular weight excluding hydrogens is 305 g/mol. The fourth-order valence-electron chi connectivity index (χ4n) is 2.10. The monoisotopic (exact) mass is 321 g/mol. The molecule has 0 atom stereocenters. The molecule has 3 aromatic rings. The van der Waals surface area contributed by atoms with Crippen LogP contribution in [-0.2, 0) is 10.0 Å². The lowest BCUT2D eigenvalue weighted by molar-refractivity contribution is 0.481. The van der Waals surface area contributed by atoms with Gasteiger partial charge >= 0.3 is 0 Å². The van der Waals surface area contributed by atoms with Crippen LogP contribution in [0.4, 0.5) is 4.39 Å². The van der Waals surface area contributed by atoms with E-state index >= 15 is 0 Å². The molecule has 0 aliphatic heterocycles. The zero-order valence-corrected chi connectivity index (χ0v) is 13.0.